The quantitative estimate of drug-likeness (QED) is 0.541. The Morgan fingerprint density at radius 1 is 0.850 bits per heavy atom. The summed E-state index contributed by atoms with van der Waals surface area (Å²) in [5.74, 6) is 0.343. The largest absolute Gasteiger partial charge is 0.511 e. The van der Waals surface area contributed by atoms with Crippen LogP contribution < -0.4 is 4.74 Å². The number of ether oxygens (including phenoxy) is 1. The monoisotopic (exact) mass is 268 g/mol. The van der Waals surface area contributed by atoms with E-state index in [9.17, 15) is 4.79 Å². The van der Waals surface area contributed by atoms with E-state index in [2.05, 4.69) is 14.7 Å². The molecule has 0 saturated carbocycles. The van der Waals surface area contributed by atoms with Crippen molar-refractivity contribution < 1.29 is 14.6 Å². The van der Waals surface area contributed by atoms with Crippen LogP contribution in [0.3, 0.4) is 0 Å². The Labute approximate surface area is 115 Å². The van der Waals surface area contributed by atoms with Crippen LogP contribution in [0.5, 0.6) is 5.75 Å². The summed E-state index contributed by atoms with van der Waals surface area (Å²) >= 11 is 0. The predicted octanol–water partition coefficient (Wildman–Crippen LogP) is 3.37. The number of nitrogens with zero attached hydrogens (tertiary/aromatic N) is 2. The van der Waals surface area contributed by atoms with E-state index in [1.807, 2.05) is 24.3 Å². The molecule has 0 saturated heterocycles. The minimum atomic E-state index is -1.29. The number of benzene rings is 2. The standard InChI is InChI=1S/C8H6N2.C7H6O3/c1-2-4-8-7(3-1)9-5-6-10-8;8-7(9)10-6-4-2-1-3-5-6/h1-6H;1-5H,(H,8,9). The van der Waals surface area contributed by atoms with Crippen molar-refractivity contribution in [2.45, 2.75) is 0 Å². The van der Waals surface area contributed by atoms with Crippen molar-refractivity contribution in [2.75, 3.05) is 0 Å². The summed E-state index contributed by atoms with van der Waals surface area (Å²) < 4.78 is 4.33. The van der Waals surface area contributed by atoms with Gasteiger partial charge in [0.25, 0.3) is 0 Å². The van der Waals surface area contributed by atoms with Crippen LogP contribution >= 0.6 is 0 Å². The van der Waals surface area contributed by atoms with Gasteiger partial charge in [-0.15, -0.1) is 0 Å². The topological polar surface area (TPSA) is 72.3 Å². The molecule has 0 radical (unpaired) electrons. The summed E-state index contributed by atoms with van der Waals surface area (Å²) in [6.45, 7) is 0. The first-order chi connectivity index (χ1) is 9.75. The highest BCUT2D eigenvalue weighted by Crippen LogP contribution is 2.07. The number of hydrogen-bond acceptors (Lipinski definition) is 4. The lowest BCUT2D eigenvalue weighted by molar-refractivity contribution is 0.144. The lowest BCUT2D eigenvalue weighted by atomic mass is 10.3. The van der Waals surface area contributed by atoms with Gasteiger partial charge < -0.3 is 9.84 Å². The number of fused-ring (bicyclic) bond motifs is 1. The molecule has 0 spiro atoms. The summed E-state index contributed by atoms with van der Waals surface area (Å²) in [6, 6.07) is 16.2. The SMILES string of the molecule is O=C(O)Oc1ccccc1.c1ccc2nccnc2c1. The molecule has 0 bridgehead atoms. The molecule has 2 aromatic carbocycles. The van der Waals surface area contributed by atoms with Crippen molar-refractivity contribution in [3.8, 4) is 5.75 Å². The summed E-state index contributed by atoms with van der Waals surface area (Å²) in [6.07, 6.45) is 2.11. The van der Waals surface area contributed by atoms with Gasteiger partial charge in [-0.05, 0) is 24.3 Å². The number of carboxylic acid groups (broad SMARTS) is 1. The minimum Gasteiger partial charge on any atom is -0.449 e. The Kier molecular flexibility index (Phi) is 4.61. The average Bonchev–Trinajstić information content (AvgIpc) is 2.48. The number of rotatable bonds is 1. The maximum atomic E-state index is 9.95. The van der Waals surface area contributed by atoms with E-state index in [0.717, 1.165) is 11.0 Å². The molecule has 0 atom stereocenters. The molecule has 1 heterocycles. The van der Waals surface area contributed by atoms with Crippen molar-refractivity contribution in [1.82, 2.24) is 9.97 Å². The highest BCUT2D eigenvalue weighted by molar-refractivity contribution is 5.72. The molecule has 0 aliphatic rings. The predicted molar refractivity (Wildman–Crippen MR) is 74.6 cm³/mol. The second-order valence-electron chi connectivity index (χ2n) is 3.73. The van der Waals surface area contributed by atoms with Crippen molar-refractivity contribution >= 4 is 17.2 Å². The van der Waals surface area contributed by atoms with E-state index in [1.54, 1.807) is 42.7 Å². The number of aromatic nitrogens is 2. The molecule has 0 amide bonds. The number of hydrogen-bond donors (Lipinski definition) is 1. The zero-order valence-corrected chi connectivity index (χ0v) is 10.5. The van der Waals surface area contributed by atoms with Crippen LogP contribution in [-0.2, 0) is 0 Å². The zero-order chi connectivity index (χ0) is 14.2. The smallest absolute Gasteiger partial charge is 0.449 e. The van der Waals surface area contributed by atoms with Gasteiger partial charge in [-0.3, -0.25) is 9.97 Å². The molecule has 3 rings (SSSR count). The third kappa shape index (κ3) is 4.06. The normalized spacial score (nSPS) is 9.40. The van der Waals surface area contributed by atoms with Gasteiger partial charge in [0.1, 0.15) is 5.75 Å². The van der Waals surface area contributed by atoms with Crippen LogP contribution in [-0.4, -0.2) is 21.2 Å². The van der Waals surface area contributed by atoms with E-state index in [0.29, 0.717) is 5.75 Å². The Morgan fingerprint density at radius 2 is 1.35 bits per heavy atom. The van der Waals surface area contributed by atoms with Crippen LogP contribution in [0.4, 0.5) is 4.79 Å². The van der Waals surface area contributed by atoms with E-state index in [-0.39, 0.29) is 0 Å². The molecular weight excluding hydrogens is 256 g/mol. The Hall–Kier alpha value is -2.95. The lowest BCUT2D eigenvalue weighted by Crippen LogP contribution is -2.02. The highest BCUT2D eigenvalue weighted by Gasteiger charge is 1.96. The van der Waals surface area contributed by atoms with Crippen LogP contribution in [0.25, 0.3) is 11.0 Å². The van der Waals surface area contributed by atoms with E-state index < -0.39 is 6.16 Å². The van der Waals surface area contributed by atoms with Gasteiger partial charge >= 0.3 is 6.16 Å². The fourth-order valence-electron chi connectivity index (χ4n) is 1.50. The molecule has 0 aliphatic carbocycles. The van der Waals surface area contributed by atoms with Crippen molar-refractivity contribution in [3.63, 3.8) is 0 Å². The zero-order valence-electron chi connectivity index (χ0n) is 10.5. The van der Waals surface area contributed by atoms with E-state index in [4.69, 9.17) is 5.11 Å². The van der Waals surface area contributed by atoms with Crippen LogP contribution in [0.2, 0.25) is 0 Å². The maximum absolute atomic E-state index is 9.95. The summed E-state index contributed by atoms with van der Waals surface area (Å²) in [7, 11) is 0. The maximum Gasteiger partial charge on any atom is 0.511 e. The molecule has 0 aliphatic heterocycles. The van der Waals surface area contributed by atoms with Gasteiger partial charge in [-0.25, -0.2) is 4.79 Å². The second kappa shape index (κ2) is 6.84. The van der Waals surface area contributed by atoms with Gasteiger partial charge in [0.05, 0.1) is 11.0 Å². The minimum absolute atomic E-state index is 0.343. The first-order valence-corrected chi connectivity index (χ1v) is 5.87. The fraction of sp³-hybridized carbons (Fsp3) is 0. The second-order valence-corrected chi connectivity index (χ2v) is 3.73. The number of carbonyl (C=O) groups is 1. The molecule has 1 aromatic heterocycles. The molecule has 3 aromatic rings. The van der Waals surface area contributed by atoms with Crippen molar-refractivity contribution in [2.24, 2.45) is 0 Å². The van der Waals surface area contributed by atoms with Gasteiger partial charge in [0.15, 0.2) is 0 Å². The molecule has 0 unspecified atom stereocenters. The fourth-order valence-corrected chi connectivity index (χ4v) is 1.50. The molecule has 5 heteroatoms. The van der Waals surface area contributed by atoms with Crippen molar-refractivity contribution in [3.05, 3.63) is 67.0 Å². The van der Waals surface area contributed by atoms with Crippen molar-refractivity contribution in [1.29, 1.82) is 0 Å². The molecule has 20 heavy (non-hydrogen) atoms. The first-order valence-electron chi connectivity index (χ1n) is 5.87. The molecule has 100 valence electrons. The van der Waals surface area contributed by atoms with Crippen LogP contribution in [0.15, 0.2) is 67.0 Å². The molecule has 0 fully saturated rings. The van der Waals surface area contributed by atoms with Gasteiger partial charge in [0, 0.05) is 12.4 Å². The Bertz CT molecular complexity index is 621. The summed E-state index contributed by atoms with van der Waals surface area (Å²) in [5, 5.41) is 8.14. The van der Waals surface area contributed by atoms with Crippen LogP contribution in [0.1, 0.15) is 0 Å². The third-order valence-electron chi connectivity index (χ3n) is 2.32. The lowest BCUT2D eigenvalue weighted by Gasteiger charge is -1.95. The average molecular weight is 268 g/mol. The highest BCUT2D eigenvalue weighted by atomic mass is 16.7. The first kappa shape index (κ1) is 13.5. The molecule has 1 N–H and O–H groups in total. The van der Waals surface area contributed by atoms with E-state index >= 15 is 0 Å². The van der Waals surface area contributed by atoms with Gasteiger partial charge in [-0.1, -0.05) is 30.3 Å². The van der Waals surface area contributed by atoms with Crippen LogP contribution in [0, 0.1) is 0 Å². The Balaban J connectivity index is 0.000000147. The summed E-state index contributed by atoms with van der Waals surface area (Å²) in [4.78, 5) is 18.2. The Morgan fingerprint density at radius 3 is 1.85 bits per heavy atom. The number of para-hydroxylation sites is 3. The van der Waals surface area contributed by atoms with Gasteiger partial charge in [-0.2, -0.15) is 0 Å². The van der Waals surface area contributed by atoms with E-state index in [1.165, 1.54) is 0 Å². The molecular formula is C15H12N2O3. The summed E-state index contributed by atoms with van der Waals surface area (Å²) in [5.41, 5.74) is 1.90. The molecule has 5 nitrogen and oxygen atoms in total. The van der Waals surface area contributed by atoms with Gasteiger partial charge in [0.2, 0.25) is 0 Å². The third-order valence-corrected chi connectivity index (χ3v) is 2.32.